The second-order valence-electron chi connectivity index (χ2n) is 6.15. The predicted octanol–water partition coefficient (Wildman–Crippen LogP) is 3.17. The van der Waals surface area contributed by atoms with E-state index in [4.69, 9.17) is 0 Å². The molecule has 1 aliphatic rings. The fourth-order valence-corrected chi connectivity index (χ4v) is 4.75. The van der Waals surface area contributed by atoms with Gasteiger partial charge in [-0.15, -0.1) is 0 Å². The Bertz CT molecular complexity index is 892. The molecule has 0 aromatic heterocycles. The second kappa shape index (κ2) is 6.98. The lowest BCUT2D eigenvalue weighted by Gasteiger charge is -2.32. The van der Waals surface area contributed by atoms with Gasteiger partial charge in [0.25, 0.3) is 0 Å². The number of carbonyl (C=O) groups is 1. The molecule has 0 N–H and O–H groups in total. The molecule has 6 heteroatoms. The quantitative estimate of drug-likeness (QED) is 0.787. The van der Waals surface area contributed by atoms with Crippen molar-refractivity contribution in [3.8, 4) is 0 Å². The van der Waals surface area contributed by atoms with E-state index in [0.29, 0.717) is 0 Å². The van der Waals surface area contributed by atoms with Crippen LogP contribution in [0.2, 0.25) is 0 Å². The van der Waals surface area contributed by atoms with E-state index in [0.717, 1.165) is 24.8 Å². The van der Waals surface area contributed by atoms with Crippen LogP contribution >= 0.6 is 0 Å². The molecule has 1 unspecified atom stereocenters. The normalized spacial score (nSPS) is 17.2. The Balaban J connectivity index is 1.97. The first-order valence-electron chi connectivity index (χ1n) is 8.19. The van der Waals surface area contributed by atoms with Crippen LogP contribution in [0.1, 0.15) is 40.4 Å². The van der Waals surface area contributed by atoms with Crippen LogP contribution < -0.4 is 0 Å². The summed E-state index contributed by atoms with van der Waals surface area (Å²) in [7, 11) is -0.844. The van der Waals surface area contributed by atoms with Crippen molar-refractivity contribution in [2.24, 2.45) is 0 Å². The molecule has 0 saturated carbocycles. The van der Waals surface area contributed by atoms with Crippen LogP contribution in [0.3, 0.4) is 0 Å². The second-order valence-corrected chi connectivity index (χ2v) is 8.15. The van der Waals surface area contributed by atoms with Gasteiger partial charge < -0.3 is 4.74 Å². The van der Waals surface area contributed by atoms with Crippen LogP contribution in [0.5, 0.6) is 0 Å². The van der Waals surface area contributed by atoms with Crippen molar-refractivity contribution in [3.63, 3.8) is 0 Å². The third-order valence-corrected chi connectivity index (χ3v) is 6.57. The maximum Gasteiger partial charge on any atom is 0.337 e. The van der Waals surface area contributed by atoms with Gasteiger partial charge >= 0.3 is 5.97 Å². The molecule has 25 heavy (non-hydrogen) atoms. The summed E-state index contributed by atoms with van der Waals surface area (Å²) in [5.41, 5.74) is 2.48. The first-order valence-corrected chi connectivity index (χ1v) is 9.63. The lowest BCUT2D eigenvalue weighted by molar-refractivity contribution is 0.0600. The van der Waals surface area contributed by atoms with Gasteiger partial charge in [-0.3, -0.25) is 0 Å². The highest BCUT2D eigenvalue weighted by atomic mass is 32.2. The highest BCUT2D eigenvalue weighted by molar-refractivity contribution is 7.89. The molecule has 5 nitrogen and oxygen atoms in total. The van der Waals surface area contributed by atoms with Crippen molar-refractivity contribution in [1.82, 2.24) is 4.31 Å². The molecule has 0 amide bonds. The van der Waals surface area contributed by atoms with Crippen LogP contribution in [-0.4, -0.2) is 32.8 Å². The summed E-state index contributed by atoms with van der Waals surface area (Å²) < 4.78 is 32.3. The molecule has 0 saturated heterocycles. The third-order valence-electron chi connectivity index (χ3n) is 4.71. The van der Waals surface area contributed by atoms with Crippen molar-refractivity contribution in [2.45, 2.75) is 30.2 Å². The summed E-state index contributed by atoms with van der Waals surface area (Å²) in [6.45, 7) is 0. The maximum atomic E-state index is 13.1. The van der Waals surface area contributed by atoms with E-state index >= 15 is 0 Å². The Morgan fingerprint density at radius 1 is 1.16 bits per heavy atom. The summed E-state index contributed by atoms with van der Waals surface area (Å²) in [4.78, 5) is 11.8. The number of rotatable bonds is 4. The Labute approximate surface area is 148 Å². The van der Waals surface area contributed by atoms with Gasteiger partial charge in [0.2, 0.25) is 10.0 Å². The van der Waals surface area contributed by atoms with Gasteiger partial charge in [0, 0.05) is 13.1 Å². The number of ether oxygens (including phenoxy) is 1. The van der Waals surface area contributed by atoms with Crippen LogP contribution in [0, 0.1) is 0 Å². The van der Waals surface area contributed by atoms with Gasteiger partial charge in [0.15, 0.2) is 0 Å². The molecular formula is C19H21NO4S. The summed E-state index contributed by atoms with van der Waals surface area (Å²) in [6, 6.07) is 13.7. The standard InChI is InChI=1S/C19H21NO4S/c1-20(18-12-6-8-14-7-3-4-11-17(14)18)25(22,23)16-10-5-9-15(13-16)19(21)24-2/h3-5,7,9-11,13,18H,6,8,12H2,1-2H3. The zero-order valence-corrected chi connectivity index (χ0v) is 15.1. The predicted molar refractivity (Wildman–Crippen MR) is 94.9 cm³/mol. The van der Waals surface area contributed by atoms with Crippen molar-refractivity contribution in [3.05, 3.63) is 65.2 Å². The van der Waals surface area contributed by atoms with E-state index in [1.165, 1.54) is 29.1 Å². The molecule has 2 aromatic rings. The summed E-state index contributed by atoms with van der Waals surface area (Å²) >= 11 is 0. The third kappa shape index (κ3) is 3.32. The lowest BCUT2D eigenvalue weighted by Crippen LogP contribution is -2.33. The number of sulfonamides is 1. The Kier molecular flexibility index (Phi) is 4.92. The maximum absolute atomic E-state index is 13.1. The van der Waals surface area contributed by atoms with Crippen molar-refractivity contribution >= 4 is 16.0 Å². The number of benzene rings is 2. The minimum Gasteiger partial charge on any atom is -0.465 e. The van der Waals surface area contributed by atoms with E-state index in [9.17, 15) is 13.2 Å². The first-order chi connectivity index (χ1) is 11.9. The molecule has 132 valence electrons. The number of hydrogen-bond acceptors (Lipinski definition) is 4. The van der Waals surface area contributed by atoms with Gasteiger partial charge in [-0.2, -0.15) is 4.31 Å². The van der Waals surface area contributed by atoms with Crippen LogP contribution in [0.25, 0.3) is 0 Å². The van der Waals surface area contributed by atoms with Crippen molar-refractivity contribution < 1.29 is 17.9 Å². The lowest BCUT2D eigenvalue weighted by atomic mass is 9.88. The molecule has 0 bridgehead atoms. The molecule has 0 radical (unpaired) electrons. The smallest absolute Gasteiger partial charge is 0.337 e. The minimum atomic E-state index is -3.72. The fourth-order valence-electron chi connectivity index (χ4n) is 3.34. The molecular weight excluding hydrogens is 338 g/mol. The molecule has 0 aliphatic heterocycles. The number of methoxy groups -OCH3 is 1. The number of hydrogen-bond donors (Lipinski definition) is 0. The van der Waals surface area contributed by atoms with Gasteiger partial charge in [0.1, 0.15) is 0 Å². The van der Waals surface area contributed by atoms with Crippen molar-refractivity contribution in [2.75, 3.05) is 14.2 Å². The molecule has 0 spiro atoms. The molecule has 2 aromatic carbocycles. The topological polar surface area (TPSA) is 63.7 Å². The van der Waals surface area contributed by atoms with E-state index in [2.05, 4.69) is 10.8 Å². The zero-order valence-electron chi connectivity index (χ0n) is 14.3. The number of carbonyl (C=O) groups excluding carboxylic acids is 1. The van der Waals surface area contributed by atoms with Crippen LogP contribution in [0.4, 0.5) is 0 Å². The monoisotopic (exact) mass is 359 g/mol. The molecule has 0 heterocycles. The van der Waals surface area contributed by atoms with Crippen LogP contribution in [-0.2, 0) is 21.2 Å². The van der Waals surface area contributed by atoms with Gasteiger partial charge in [-0.25, -0.2) is 13.2 Å². The van der Waals surface area contributed by atoms with E-state index in [1.807, 2.05) is 18.2 Å². The SMILES string of the molecule is COC(=O)c1cccc(S(=O)(=O)N(C)C2CCCc3ccccc32)c1. The highest BCUT2D eigenvalue weighted by Crippen LogP contribution is 2.36. The Hall–Kier alpha value is -2.18. The summed E-state index contributed by atoms with van der Waals surface area (Å²) in [5, 5.41) is 0. The molecule has 1 aliphatic carbocycles. The van der Waals surface area contributed by atoms with Gasteiger partial charge in [0.05, 0.1) is 17.6 Å². The largest absolute Gasteiger partial charge is 0.465 e. The van der Waals surface area contributed by atoms with E-state index in [-0.39, 0.29) is 16.5 Å². The molecule has 3 rings (SSSR count). The fraction of sp³-hybridized carbons (Fsp3) is 0.316. The highest BCUT2D eigenvalue weighted by Gasteiger charge is 2.32. The average molecular weight is 359 g/mol. The summed E-state index contributed by atoms with van der Waals surface area (Å²) in [5.74, 6) is -0.553. The Morgan fingerprint density at radius 3 is 2.68 bits per heavy atom. The molecule has 0 fully saturated rings. The Morgan fingerprint density at radius 2 is 1.92 bits per heavy atom. The molecule has 1 atom stereocenters. The van der Waals surface area contributed by atoms with Gasteiger partial charge in [-0.1, -0.05) is 30.3 Å². The number of fused-ring (bicyclic) bond motifs is 1. The number of aryl methyl sites for hydroxylation is 1. The number of nitrogens with zero attached hydrogens (tertiary/aromatic N) is 1. The minimum absolute atomic E-state index is 0.0981. The van der Waals surface area contributed by atoms with E-state index in [1.54, 1.807) is 19.2 Å². The van der Waals surface area contributed by atoms with Gasteiger partial charge in [-0.05, 0) is 48.6 Å². The van der Waals surface area contributed by atoms with Crippen molar-refractivity contribution in [1.29, 1.82) is 0 Å². The number of esters is 1. The zero-order chi connectivity index (χ0) is 18.0. The van der Waals surface area contributed by atoms with E-state index < -0.39 is 16.0 Å². The summed E-state index contributed by atoms with van der Waals surface area (Å²) in [6.07, 6.45) is 2.70. The first kappa shape index (κ1) is 17.6. The van der Waals surface area contributed by atoms with Crippen LogP contribution in [0.15, 0.2) is 53.4 Å². The average Bonchev–Trinajstić information content (AvgIpc) is 2.66.